The third kappa shape index (κ3) is 4.82. The molecule has 3 rings (SSSR count). The van der Waals surface area contributed by atoms with Crippen molar-refractivity contribution < 1.29 is 9.84 Å². The minimum Gasteiger partial charge on any atom is -0.463 e. The number of aromatic nitrogens is 4. The van der Waals surface area contributed by atoms with Gasteiger partial charge in [0.15, 0.2) is 11.5 Å². The molecule has 1 unspecified atom stereocenters. The number of aryl methyl sites for hydroxylation is 1. The summed E-state index contributed by atoms with van der Waals surface area (Å²) >= 11 is 0. The van der Waals surface area contributed by atoms with Crippen LogP contribution < -0.4 is 16.2 Å². The number of imidazole rings is 1. The first-order valence-corrected chi connectivity index (χ1v) is 10.4. The number of aromatic amines is 1. The highest BCUT2D eigenvalue weighted by Gasteiger charge is 2.22. The molecule has 28 heavy (non-hydrogen) atoms. The number of anilines is 1. The number of likely N-dealkylation sites (tertiary alicyclic amines) is 1. The number of β-amino-alcohol motifs (C(OH)–C–C–N with tert-alkyl or cyclic N) is 1. The van der Waals surface area contributed by atoms with Crippen LogP contribution in [-0.4, -0.2) is 61.9 Å². The van der Waals surface area contributed by atoms with Gasteiger partial charge in [0.1, 0.15) is 5.52 Å². The highest BCUT2D eigenvalue weighted by Crippen LogP contribution is 2.22. The van der Waals surface area contributed by atoms with E-state index in [0.29, 0.717) is 30.4 Å². The van der Waals surface area contributed by atoms with Gasteiger partial charge in [0, 0.05) is 19.1 Å². The van der Waals surface area contributed by atoms with Gasteiger partial charge in [-0.3, -0.25) is 9.47 Å². The number of piperidine rings is 1. The maximum absolute atomic E-state index is 12.4. The molecule has 0 bridgehead atoms. The van der Waals surface area contributed by atoms with Gasteiger partial charge in [0.2, 0.25) is 0 Å². The van der Waals surface area contributed by atoms with Crippen molar-refractivity contribution in [3.8, 4) is 6.01 Å². The first kappa shape index (κ1) is 20.6. The van der Waals surface area contributed by atoms with Crippen molar-refractivity contribution in [1.29, 1.82) is 0 Å². The summed E-state index contributed by atoms with van der Waals surface area (Å²) in [5.74, 6) is 0.230. The number of unbranched alkanes of at least 4 members (excludes halogenated alkanes) is 1. The molecular formula is C19H32N6O3. The van der Waals surface area contributed by atoms with E-state index >= 15 is 0 Å². The second-order valence-electron chi connectivity index (χ2n) is 7.43. The van der Waals surface area contributed by atoms with Crippen LogP contribution in [0.1, 0.15) is 51.9 Å². The van der Waals surface area contributed by atoms with Gasteiger partial charge in [-0.25, -0.2) is 4.79 Å². The molecule has 0 amide bonds. The van der Waals surface area contributed by atoms with E-state index in [4.69, 9.17) is 10.5 Å². The van der Waals surface area contributed by atoms with Gasteiger partial charge < -0.3 is 20.6 Å². The molecule has 9 nitrogen and oxygen atoms in total. The van der Waals surface area contributed by atoms with Gasteiger partial charge in [-0.1, -0.05) is 19.8 Å². The number of rotatable bonds is 10. The van der Waals surface area contributed by atoms with Crippen LogP contribution in [0.5, 0.6) is 6.01 Å². The maximum atomic E-state index is 12.4. The summed E-state index contributed by atoms with van der Waals surface area (Å²) in [7, 11) is 0. The van der Waals surface area contributed by atoms with E-state index in [9.17, 15) is 9.90 Å². The molecule has 156 valence electrons. The molecule has 0 saturated carbocycles. The number of fused-ring (bicyclic) bond motifs is 1. The number of hydrogen-bond acceptors (Lipinski definition) is 7. The molecule has 1 aliphatic heterocycles. The monoisotopic (exact) mass is 392 g/mol. The molecule has 0 spiro atoms. The number of nitrogens with one attached hydrogen (secondary N) is 1. The standard InChI is InChI=1S/C19H32N6O3/c1-2-3-13-28-18-22-16(20)15-17(23-18)25(19(27)21-15)10-6-8-14-7-4-5-9-24(14)11-12-26/h14,26H,2-13H2,1H3,(H,21,27)(H2,20,22,23). The third-order valence-electron chi connectivity index (χ3n) is 5.41. The Kier molecular flexibility index (Phi) is 7.27. The zero-order valence-electron chi connectivity index (χ0n) is 16.7. The van der Waals surface area contributed by atoms with Gasteiger partial charge >= 0.3 is 11.7 Å². The minimum atomic E-state index is -0.224. The Hall–Kier alpha value is -2.13. The Morgan fingerprint density at radius 1 is 1.29 bits per heavy atom. The van der Waals surface area contributed by atoms with Crippen molar-refractivity contribution >= 4 is 17.0 Å². The first-order chi connectivity index (χ1) is 13.6. The molecule has 2 aromatic heterocycles. The van der Waals surface area contributed by atoms with E-state index in [-0.39, 0.29) is 24.1 Å². The average Bonchev–Trinajstić information content (AvgIpc) is 3.00. The molecule has 3 heterocycles. The number of nitrogens with two attached hydrogens (primary N) is 1. The van der Waals surface area contributed by atoms with E-state index in [0.717, 1.165) is 45.2 Å². The molecule has 2 aromatic rings. The van der Waals surface area contributed by atoms with Crippen molar-refractivity contribution in [3.63, 3.8) is 0 Å². The molecule has 4 N–H and O–H groups in total. The first-order valence-electron chi connectivity index (χ1n) is 10.4. The summed E-state index contributed by atoms with van der Waals surface area (Å²) in [5.41, 5.74) is 6.74. The second kappa shape index (κ2) is 9.88. The Balaban J connectivity index is 1.69. The summed E-state index contributed by atoms with van der Waals surface area (Å²) in [6.45, 7) is 5.13. The number of nitrogens with zero attached hydrogens (tertiary/aromatic N) is 4. The van der Waals surface area contributed by atoms with Gasteiger partial charge in [0.25, 0.3) is 0 Å². The summed E-state index contributed by atoms with van der Waals surface area (Å²) < 4.78 is 7.20. The Labute approximate surface area is 164 Å². The number of aliphatic hydroxyl groups excluding tert-OH is 1. The lowest BCUT2D eigenvalue weighted by molar-refractivity contribution is 0.109. The Bertz CT molecular complexity index is 816. The highest BCUT2D eigenvalue weighted by atomic mass is 16.5. The van der Waals surface area contributed by atoms with E-state index in [2.05, 4.69) is 26.8 Å². The topological polar surface area (TPSA) is 122 Å². The van der Waals surface area contributed by atoms with Crippen LogP contribution in [0.2, 0.25) is 0 Å². The molecule has 9 heteroatoms. The van der Waals surface area contributed by atoms with Crippen LogP contribution in [-0.2, 0) is 6.54 Å². The lowest BCUT2D eigenvalue weighted by Gasteiger charge is -2.35. The molecule has 0 aliphatic carbocycles. The van der Waals surface area contributed by atoms with E-state index < -0.39 is 0 Å². The van der Waals surface area contributed by atoms with Gasteiger partial charge in [0.05, 0.1) is 13.2 Å². The quantitative estimate of drug-likeness (QED) is 0.524. The average molecular weight is 393 g/mol. The number of aliphatic hydroxyl groups is 1. The van der Waals surface area contributed by atoms with Crippen LogP contribution in [0.15, 0.2) is 4.79 Å². The molecule has 1 aliphatic rings. The molecular weight excluding hydrogens is 360 g/mol. The molecule has 1 saturated heterocycles. The molecule has 1 atom stereocenters. The minimum absolute atomic E-state index is 0.190. The molecule has 1 fully saturated rings. The number of hydrogen-bond donors (Lipinski definition) is 3. The summed E-state index contributed by atoms with van der Waals surface area (Å²) in [5, 5.41) is 9.27. The zero-order valence-corrected chi connectivity index (χ0v) is 16.7. The maximum Gasteiger partial charge on any atom is 0.327 e. The van der Waals surface area contributed by atoms with Crippen molar-refractivity contribution in [3.05, 3.63) is 10.5 Å². The fraction of sp³-hybridized carbons (Fsp3) is 0.737. The number of nitrogen functional groups attached to an aromatic ring is 1. The molecule has 0 aromatic carbocycles. The molecule has 0 radical (unpaired) electrons. The lowest BCUT2D eigenvalue weighted by atomic mass is 9.98. The normalized spacial score (nSPS) is 18.0. The fourth-order valence-corrected chi connectivity index (χ4v) is 3.91. The number of H-pyrrole nitrogens is 1. The van der Waals surface area contributed by atoms with Gasteiger partial charge in [-0.15, -0.1) is 0 Å². The zero-order chi connectivity index (χ0) is 19.9. The summed E-state index contributed by atoms with van der Waals surface area (Å²) in [6, 6.07) is 0.682. The fourth-order valence-electron chi connectivity index (χ4n) is 3.91. The SMILES string of the molecule is CCCCOc1nc(N)c2[nH]c(=O)n(CCCC3CCCCN3CCO)c2n1. The Morgan fingerprint density at radius 2 is 2.14 bits per heavy atom. The predicted molar refractivity (Wildman–Crippen MR) is 108 cm³/mol. The summed E-state index contributed by atoms with van der Waals surface area (Å²) in [6.07, 6.45) is 7.33. The van der Waals surface area contributed by atoms with Crippen LogP contribution in [0.25, 0.3) is 11.2 Å². The lowest BCUT2D eigenvalue weighted by Crippen LogP contribution is -2.41. The third-order valence-corrected chi connectivity index (χ3v) is 5.41. The van der Waals surface area contributed by atoms with E-state index in [1.807, 2.05) is 0 Å². The second-order valence-corrected chi connectivity index (χ2v) is 7.43. The van der Waals surface area contributed by atoms with Crippen molar-refractivity contribution in [2.45, 2.75) is 64.5 Å². The van der Waals surface area contributed by atoms with Gasteiger partial charge in [-0.05, 0) is 38.6 Å². The highest BCUT2D eigenvalue weighted by molar-refractivity contribution is 5.81. The predicted octanol–water partition coefficient (Wildman–Crippen LogP) is 1.51. The van der Waals surface area contributed by atoms with Crippen molar-refractivity contribution in [2.24, 2.45) is 0 Å². The Morgan fingerprint density at radius 3 is 2.93 bits per heavy atom. The van der Waals surface area contributed by atoms with Crippen LogP contribution in [0.3, 0.4) is 0 Å². The summed E-state index contributed by atoms with van der Waals surface area (Å²) in [4.78, 5) is 26.1. The van der Waals surface area contributed by atoms with E-state index in [1.165, 1.54) is 12.8 Å². The largest absolute Gasteiger partial charge is 0.463 e. The van der Waals surface area contributed by atoms with E-state index in [1.54, 1.807) is 4.57 Å². The van der Waals surface area contributed by atoms with Crippen LogP contribution in [0, 0.1) is 0 Å². The van der Waals surface area contributed by atoms with Gasteiger partial charge in [-0.2, -0.15) is 9.97 Å². The van der Waals surface area contributed by atoms with Crippen molar-refractivity contribution in [2.75, 3.05) is 32.0 Å². The van der Waals surface area contributed by atoms with Crippen molar-refractivity contribution in [1.82, 2.24) is 24.4 Å². The van der Waals surface area contributed by atoms with Crippen LogP contribution >= 0.6 is 0 Å². The van der Waals surface area contributed by atoms with Crippen LogP contribution in [0.4, 0.5) is 5.82 Å². The number of ether oxygens (including phenoxy) is 1. The smallest absolute Gasteiger partial charge is 0.327 e.